The number of hydrogen-bond donors (Lipinski definition) is 0. The van der Waals surface area contributed by atoms with Crippen LogP contribution in [0.15, 0.2) is 36.5 Å². The zero-order valence-electron chi connectivity index (χ0n) is 54.1. The van der Waals surface area contributed by atoms with Crippen molar-refractivity contribution in [3.8, 4) is 0 Å². The molecule has 0 bridgehead atoms. The van der Waals surface area contributed by atoms with Crippen LogP contribution in [0.25, 0.3) is 0 Å². The highest BCUT2D eigenvalue weighted by Gasteiger charge is 2.19. The first-order valence-corrected chi connectivity index (χ1v) is 36.0. The van der Waals surface area contributed by atoms with Crippen molar-refractivity contribution in [1.29, 1.82) is 0 Å². The Morgan fingerprint density at radius 1 is 0.250 bits per heavy atom. The van der Waals surface area contributed by atoms with Crippen molar-refractivity contribution in [3.63, 3.8) is 0 Å². The lowest BCUT2D eigenvalue weighted by molar-refractivity contribution is -0.167. The van der Waals surface area contributed by atoms with Gasteiger partial charge >= 0.3 is 17.9 Å². The van der Waals surface area contributed by atoms with Gasteiger partial charge < -0.3 is 14.2 Å². The summed E-state index contributed by atoms with van der Waals surface area (Å²) >= 11 is 0. The van der Waals surface area contributed by atoms with Crippen molar-refractivity contribution in [1.82, 2.24) is 0 Å². The maximum atomic E-state index is 12.9. The van der Waals surface area contributed by atoms with E-state index in [4.69, 9.17) is 14.2 Å². The van der Waals surface area contributed by atoms with Gasteiger partial charge in [0.25, 0.3) is 0 Å². The van der Waals surface area contributed by atoms with Gasteiger partial charge in [-0.25, -0.2) is 0 Å². The summed E-state index contributed by atoms with van der Waals surface area (Å²) in [4.78, 5) is 38.4. The smallest absolute Gasteiger partial charge is 0.306 e. The van der Waals surface area contributed by atoms with Gasteiger partial charge in [0.2, 0.25) is 0 Å². The minimum Gasteiger partial charge on any atom is -0.462 e. The summed E-state index contributed by atoms with van der Waals surface area (Å²) in [7, 11) is 0. The first kappa shape index (κ1) is 77.6. The van der Waals surface area contributed by atoms with Gasteiger partial charge in [0.1, 0.15) is 13.2 Å². The number of carbonyl (C=O) groups excluding carboxylic acids is 3. The second kappa shape index (κ2) is 69.1. The minimum absolute atomic E-state index is 0.0708. The van der Waals surface area contributed by atoms with Gasteiger partial charge in [0.05, 0.1) is 0 Å². The Labute approximate surface area is 499 Å². The highest BCUT2D eigenvalue weighted by atomic mass is 16.6. The summed E-state index contributed by atoms with van der Waals surface area (Å²) in [6, 6.07) is 0. The second-order valence-electron chi connectivity index (χ2n) is 24.5. The van der Waals surface area contributed by atoms with Crippen LogP contribution in [0.5, 0.6) is 0 Å². The molecule has 0 N–H and O–H groups in total. The zero-order valence-corrected chi connectivity index (χ0v) is 54.1. The third-order valence-corrected chi connectivity index (χ3v) is 16.4. The lowest BCUT2D eigenvalue weighted by atomic mass is 10.0. The second-order valence-corrected chi connectivity index (χ2v) is 24.5. The van der Waals surface area contributed by atoms with E-state index in [1.807, 2.05) is 0 Å². The Kier molecular flexibility index (Phi) is 67.1. The first-order valence-electron chi connectivity index (χ1n) is 36.0. The fraction of sp³-hybridized carbons (Fsp3) is 0.878. The van der Waals surface area contributed by atoms with Crippen molar-refractivity contribution >= 4 is 17.9 Å². The fourth-order valence-electron chi connectivity index (χ4n) is 10.9. The van der Waals surface area contributed by atoms with Gasteiger partial charge in [0.15, 0.2) is 6.10 Å². The summed E-state index contributed by atoms with van der Waals surface area (Å²) in [5.41, 5.74) is 0. The molecule has 0 amide bonds. The van der Waals surface area contributed by atoms with Crippen LogP contribution >= 0.6 is 0 Å². The quantitative estimate of drug-likeness (QED) is 0.0261. The van der Waals surface area contributed by atoms with Crippen molar-refractivity contribution in [3.05, 3.63) is 36.5 Å². The normalized spacial score (nSPS) is 12.2. The standard InChI is InChI=1S/C74H138O6/c1-4-7-10-13-16-19-22-25-28-29-30-31-32-33-34-35-36-37-38-39-40-41-42-43-44-45-47-49-52-55-58-61-64-67-73(76)79-70-71(69-78-72(75)66-63-60-57-54-51-48-27-24-21-18-15-12-9-6-3)80-74(77)68-65-62-59-56-53-50-46-26-23-20-17-14-11-8-5-2/h15,18,24,27,29-30,71H,4-14,16-17,19-23,25-26,28,31-70H2,1-3H3/b18-15-,27-24-,30-29-. The number of ether oxygens (including phenoxy) is 3. The molecule has 1 atom stereocenters. The van der Waals surface area contributed by atoms with E-state index in [0.29, 0.717) is 19.3 Å². The van der Waals surface area contributed by atoms with Gasteiger partial charge in [-0.15, -0.1) is 0 Å². The molecule has 0 radical (unpaired) electrons. The summed E-state index contributed by atoms with van der Waals surface area (Å²) in [6.45, 7) is 6.66. The predicted molar refractivity (Wildman–Crippen MR) is 349 cm³/mol. The van der Waals surface area contributed by atoms with Gasteiger partial charge in [-0.2, -0.15) is 0 Å². The minimum atomic E-state index is -0.775. The largest absolute Gasteiger partial charge is 0.462 e. The van der Waals surface area contributed by atoms with Crippen LogP contribution in [0.3, 0.4) is 0 Å². The zero-order chi connectivity index (χ0) is 57.8. The number of esters is 3. The van der Waals surface area contributed by atoms with Crippen LogP contribution in [0.1, 0.15) is 400 Å². The molecule has 0 aromatic heterocycles. The molecule has 0 aromatic rings. The molecule has 0 rings (SSSR count). The SMILES string of the molecule is CCCC/C=C\C/C=C\CCCCCCCC(=O)OCC(COC(=O)CCCCCCCCCCCCCCCCCCCCCCC/C=C\CCCCCCCCCC)OC(=O)CCCCCCCCCCCCCCCCC. The average Bonchev–Trinajstić information content (AvgIpc) is 3.46. The Balaban J connectivity index is 4.09. The van der Waals surface area contributed by atoms with E-state index in [-0.39, 0.29) is 31.1 Å². The van der Waals surface area contributed by atoms with Crippen LogP contribution < -0.4 is 0 Å². The lowest BCUT2D eigenvalue weighted by Crippen LogP contribution is -2.30. The molecule has 6 nitrogen and oxygen atoms in total. The fourth-order valence-corrected chi connectivity index (χ4v) is 10.9. The van der Waals surface area contributed by atoms with Gasteiger partial charge in [-0.05, 0) is 70.6 Å². The van der Waals surface area contributed by atoms with E-state index in [1.165, 1.54) is 283 Å². The molecule has 0 fully saturated rings. The van der Waals surface area contributed by atoms with Crippen LogP contribution in [0.2, 0.25) is 0 Å². The Morgan fingerprint density at radius 2 is 0.463 bits per heavy atom. The van der Waals surface area contributed by atoms with Crippen molar-refractivity contribution < 1.29 is 28.6 Å². The molecule has 0 heterocycles. The molecule has 0 aliphatic heterocycles. The third kappa shape index (κ3) is 66.4. The maximum absolute atomic E-state index is 12.9. The topological polar surface area (TPSA) is 78.9 Å². The van der Waals surface area contributed by atoms with Crippen LogP contribution in [-0.2, 0) is 28.6 Å². The monoisotopic (exact) mass is 1120 g/mol. The molecule has 80 heavy (non-hydrogen) atoms. The molecule has 0 saturated carbocycles. The van der Waals surface area contributed by atoms with Crippen molar-refractivity contribution in [2.75, 3.05) is 13.2 Å². The summed E-state index contributed by atoms with van der Waals surface area (Å²) < 4.78 is 17.0. The van der Waals surface area contributed by atoms with Gasteiger partial charge in [-0.3, -0.25) is 14.4 Å². The molecule has 470 valence electrons. The highest BCUT2D eigenvalue weighted by Crippen LogP contribution is 2.19. The molecule has 0 aliphatic carbocycles. The molecular weight excluding hydrogens is 985 g/mol. The molecule has 0 spiro atoms. The highest BCUT2D eigenvalue weighted by molar-refractivity contribution is 5.71. The lowest BCUT2D eigenvalue weighted by Gasteiger charge is -2.18. The van der Waals surface area contributed by atoms with E-state index in [0.717, 1.165) is 77.0 Å². The Hall–Kier alpha value is -2.37. The van der Waals surface area contributed by atoms with E-state index in [2.05, 4.69) is 57.2 Å². The number of rotatable bonds is 67. The van der Waals surface area contributed by atoms with E-state index >= 15 is 0 Å². The molecule has 0 aliphatic rings. The number of hydrogen-bond acceptors (Lipinski definition) is 6. The molecule has 0 saturated heterocycles. The average molecular weight is 1120 g/mol. The summed E-state index contributed by atoms with van der Waals surface area (Å²) in [5.74, 6) is -0.857. The van der Waals surface area contributed by atoms with E-state index < -0.39 is 6.10 Å². The Bertz CT molecular complexity index is 1340. The van der Waals surface area contributed by atoms with E-state index in [1.54, 1.807) is 0 Å². The number of allylic oxidation sites excluding steroid dienone is 6. The number of unbranched alkanes of at least 4 members (excludes halogenated alkanes) is 50. The summed E-state index contributed by atoms with van der Waals surface area (Å²) in [5, 5.41) is 0. The van der Waals surface area contributed by atoms with E-state index in [9.17, 15) is 14.4 Å². The summed E-state index contributed by atoms with van der Waals surface area (Å²) in [6.07, 6.45) is 86.2. The maximum Gasteiger partial charge on any atom is 0.306 e. The van der Waals surface area contributed by atoms with Gasteiger partial charge in [0, 0.05) is 19.3 Å². The van der Waals surface area contributed by atoms with Crippen LogP contribution in [0.4, 0.5) is 0 Å². The van der Waals surface area contributed by atoms with Crippen molar-refractivity contribution in [2.45, 2.75) is 406 Å². The molecule has 6 heteroatoms. The first-order chi connectivity index (χ1) is 39.5. The molecule has 1 unspecified atom stereocenters. The van der Waals surface area contributed by atoms with Crippen molar-refractivity contribution in [2.24, 2.45) is 0 Å². The van der Waals surface area contributed by atoms with Crippen LogP contribution in [0, 0.1) is 0 Å². The molecular formula is C74H138O6. The predicted octanol–water partition coefficient (Wildman–Crippen LogP) is 24.7. The van der Waals surface area contributed by atoms with Gasteiger partial charge in [-0.1, -0.05) is 346 Å². The molecule has 0 aromatic carbocycles. The van der Waals surface area contributed by atoms with Crippen LogP contribution in [-0.4, -0.2) is 37.2 Å². The third-order valence-electron chi connectivity index (χ3n) is 16.4. The number of carbonyl (C=O) groups is 3. The Morgan fingerprint density at radius 3 is 0.738 bits per heavy atom.